The van der Waals surface area contributed by atoms with Crippen molar-refractivity contribution >= 4 is 5.91 Å². The molecule has 0 aliphatic carbocycles. The molecule has 1 aromatic heterocycles. The van der Waals surface area contributed by atoms with Crippen LogP contribution < -0.4 is 5.32 Å². The van der Waals surface area contributed by atoms with Crippen LogP contribution in [0.4, 0.5) is 0 Å². The third kappa shape index (κ3) is 5.25. The van der Waals surface area contributed by atoms with Crippen LogP contribution >= 0.6 is 0 Å². The Bertz CT molecular complexity index is 1010. The van der Waals surface area contributed by atoms with E-state index in [0.29, 0.717) is 0 Å². The van der Waals surface area contributed by atoms with Crippen LogP contribution in [0.1, 0.15) is 37.8 Å². The fourth-order valence-electron chi connectivity index (χ4n) is 4.72. The lowest BCUT2D eigenvalue weighted by atomic mass is 9.71. The minimum Gasteiger partial charge on any atom is -0.353 e. The van der Waals surface area contributed by atoms with Gasteiger partial charge >= 0.3 is 0 Å². The standard InChI is InChI=1S/C28H33N3O/c1-22(2)30-27(32)28(14-17-31(18-15-28)21-23-9-4-3-5-10-23)19-24-11-6-7-13-26(24)25-12-8-16-29-20-25/h3-13,16,20,22H,14-15,17-19,21H2,1-2H3,(H,30,32). The van der Waals surface area contributed by atoms with E-state index in [1.165, 1.54) is 16.7 Å². The number of pyridine rings is 1. The highest BCUT2D eigenvalue weighted by Crippen LogP contribution is 2.38. The molecule has 0 spiro atoms. The summed E-state index contributed by atoms with van der Waals surface area (Å²) in [6.45, 7) is 6.87. The molecule has 1 aliphatic rings. The maximum atomic E-state index is 13.5. The highest BCUT2D eigenvalue weighted by atomic mass is 16.2. The third-order valence-corrected chi connectivity index (χ3v) is 6.48. The molecular formula is C28H33N3O. The Morgan fingerprint density at radius 3 is 2.41 bits per heavy atom. The molecular weight excluding hydrogens is 394 g/mol. The number of rotatable bonds is 7. The monoisotopic (exact) mass is 427 g/mol. The molecule has 2 aromatic carbocycles. The number of aromatic nitrogens is 1. The average Bonchev–Trinajstić information content (AvgIpc) is 2.81. The number of nitrogens with zero attached hydrogens (tertiary/aromatic N) is 2. The molecule has 0 atom stereocenters. The SMILES string of the molecule is CC(C)NC(=O)C1(Cc2ccccc2-c2cccnc2)CCN(Cc2ccccc2)CC1. The Kier molecular flexibility index (Phi) is 7.01. The largest absolute Gasteiger partial charge is 0.353 e. The number of amides is 1. The van der Waals surface area contributed by atoms with Gasteiger partial charge in [-0.05, 0) is 69.0 Å². The van der Waals surface area contributed by atoms with E-state index in [9.17, 15) is 4.79 Å². The maximum Gasteiger partial charge on any atom is 0.226 e. The van der Waals surface area contributed by atoms with Crippen LogP contribution in [-0.2, 0) is 17.8 Å². The van der Waals surface area contributed by atoms with Crippen molar-refractivity contribution in [3.05, 3.63) is 90.3 Å². The van der Waals surface area contributed by atoms with Crippen molar-refractivity contribution in [3.63, 3.8) is 0 Å². The lowest BCUT2D eigenvalue weighted by Crippen LogP contribution is -2.51. The maximum absolute atomic E-state index is 13.5. The number of nitrogens with one attached hydrogen (secondary N) is 1. The summed E-state index contributed by atoms with van der Waals surface area (Å²) in [5.74, 6) is 0.188. The molecule has 0 bridgehead atoms. The number of carbonyl (C=O) groups is 1. The Morgan fingerprint density at radius 2 is 1.72 bits per heavy atom. The minimum absolute atomic E-state index is 0.135. The zero-order valence-corrected chi connectivity index (χ0v) is 19.1. The van der Waals surface area contributed by atoms with E-state index in [-0.39, 0.29) is 11.9 Å². The molecule has 1 saturated heterocycles. The minimum atomic E-state index is -0.393. The number of benzene rings is 2. The molecule has 1 fully saturated rings. The fourth-order valence-corrected chi connectivity index (χ4v) is 4.72. The van der Waals surface area contributed by atoms with Crippen LogP contribution in [0.15, 0.2) is 79.1 Å². The van der Waals surface area contributed by atoms with Crippen molar-refractivity contribution in [2.24, 2.45) is 5.41 Å². The van der Waals surface area contributed by atoms with Crippen molar-refractivity contribution in [2.75, 3.05) is 13.1 Å². The summed E-state index contributed by atoms with van der Waals surface area (Å²) < 4.78 is 0. The van der Waals surface area contributed by atoms with E-state index in [1.807, 2.05) is 26.1 Å². The molecule has 166 valence electrons. The van der Waals surface area contributed by atoms with Gasteiger partial charge in [-0.2, -0.15) is 0 Å². The Balaban J connectivity index is 1.57. The summed E-state index contributed by atoms with van der Waals surface area (Å²) in [6, 6.07) is 23.2. The van der Waals surface area contributed by atoms with Crippen LogP contribution in [0.5, 0.6) is 0 Å². The van der Waals surface area contributed by atoms with Gasteiger partial charge in [-0.1, -0.05) is 60.7 Å². The molecule has 0 radical (unpaired) electrons. The summed E-state index contributed by atoms with van der Waals surface area (Å²) >= 11 is 0. The van der Waals surface area contributed by atoms with Gasteiger partial charge in [0.1, 0.15) is 0 Å². The molecule has 4 rings (SSSR count). The Hall–Kier alpha value is -2.98. The van der Waals surface area contributed by atoms with Gasteiger partial charge in [0.15, 0.2) is 0 Å². The molecule has 2 heterocycles. The number of piperidine rings is 1. The number of hydrogen-bond donors (Lipinski definition) is 1. The predicted octanol–water partition coefficient (Wildman–Crippen LogP) is 5.10. The first-order chi connectivity index (χ1) is 15.6. The fraction of sp³-hybridized carbons (Fsp3) is 0.357. The van der Waals surface area contributed by atoms with Gasteiger partial charge < -0.3 is 5.32 Å². The van der Waals surface area contributed by atoms with Gasteiger partial charge in [-0.15, -0.1) is 0 Å². The van der Waals surface area contributed by atoms with Crippen molar-refractivity contribution in [1.29, 1.82) is 0 Å². The first-order valence-electron chi connectivity index (χ1n) is 11.6. The topological polar surface area (TPSA) is 45.2 Å². The Morgan fingerprint density at radius 1 is 1.00 bits per heavy atom. The molecule has 32 heavy (non-hydrogen) atoms. The van der Waals surface area contributed by atoms with E-state index in [0.717, 1.165) is 44.5 Å². The number of likely N-dealkylation sites (tertiary alicyclic amines) is 1. The van der Waals surface area contributed by atoms with Crippen molar-refractivity contribution < 1.29 is 4.79 Å². The summed E-state index contributed by atoms with van der Waals surface area (Å²) in [5.41, 5.74) is 4.42. The van der Waals surface area contributed by atoms with Crippen molar-refractivity contribution in [1.82, 2.24) is 15.2 Å². The summed E-state index contributed by atoms with van der Waals surface area (Å²) in [5, 5.41) is 3.23. The van der Waals surface area contributed by atoms with E-state index in [1.54, 1.807) is 6.20 Å². The van der Waals surface area contributed by atoms with Crippen LogP contribution in [0.3, 0.4) is 0 Å². The van der Waals surface area contributed by atoms with Crippen LogP contribution in [0.25, 0.3) is 11.1 Å². The van der Waals surface area contributed by atoms with Crippen molar-refractivity contribution in [2.45, 2.75) is 45.7 Å². The second kappa shape index (κ2) is 10.1. The first kappa shape index (κ1) is 22.2. The van der Waals surface area contributed by atoms with E-state index in [2.05, 4.69) is 75.9 Å². The van der Waals surface area contributed by atoms with Gasteiger partial charge in [0.2, 0.25) is 5.91 Å². The molecule has 0 unspecified atom stereocenters. The van der Waals surface area contributed by atoms with Crippen molar-refractivity contribution in [3.8, 4) is 11.1 Å². The van der Waals surface area contributed by atoms with Gasteiger partial charge in [0.25, 0.3) is 0 Å². The molecule has 3 aromatic rings. The summed E-state index contributed by atoms with van der Waals surface area (Å²) in [4.78, 5) is 20.3. The van der Waals surface area contributed by atoms with E-state index in [4.69, 9.17) is 0 Å². The average molecular weight is 428 g/mol. The zero-order valence-electron chi connectivity index (χ0n) is 19.1. The zero-order chi connectivity index (χ0) is 22.4. The smallest absolute Gasteiger partial charge is 0.226 e. The van der Waals surface area contributed by atoms with Crippen LogP contribution in [-0.4, -0.2) is 34.9 Å². The molecule has 4 nitrogen and oxygen atoms in total. The summed E-state index contributed by atoms with van der Waals surface area (Å²) in [7, 11) is 0. The molecule has 1 N–H and O–H groups in total. The second-order valence-electron chi connectivity index (χ2n) is 9.25. The van der Waals surface area contributed by atoms with Gasteiger partial charge in [-0.3, -0.25) is 14.7 Å². The molecule has 1 aliphatic heterocycles. The molecule has 0 saturated carbocycles. The quantitative estimate of drug-likeness (QED) is 0.571. The van der Waals surface area contributed by atoms with Gasteiger partial charge in [-0.25, -0.2) is 0 Å². The second-order valence-corrected chi connectivity index (χ2v) is 9.25. The Labute approximate surface area is 191 Å². The number of carbonyl (C=O) groups excluding carboxylic acids is 1. The first-order valence-corrected chi connectivity index (χ1v) is 11.6. The van der Waals surface area contributed by atoms with Gasteiger partial charge in [0.05, 0.1) is 5.41 Å². The lowest BCUT2D eigenvalue weighted by molar-refractivity contribution is -0.134. The predicted molar refractivity (Wildman–Crippen MR) is 130 cm³/mol. The third-order valence-electron chi connectivity index (χ3n) is 6.48. The summed E-state index contributed by atoms with van der Waals surface area (Å²) in [6.07, 6.45) is 6.17. The van der Waals surface area contributed by atoms with Gasteiger partial charge in [0, 0.05) is 30.5 Å². The highest BCUT2D eigenvalue weighted by Gasteiger charge is 2.42. The van der Waals surface area contributed by atoms with Crippen LogP contribution in [0, 0.1) is 5.41 Å². The van der Waals surface area contributed by atoms with E-state index >= 15 is 0 Å². The lowest BCUT2D eigenvalue weighted by Gasteiger charge is -2.41. The van der Waals surface area contributed by atoms with Crippen LogP contribution in [0.2, 0.25) is 0 Å². The highest BCUT2D eigenvalue weighted by molar-refractivity contribution is 5.84. The molecule has 1 amide bonds. The van der Waals surface area contributed by atoms with E-state index < -0.39 is 5.41 Å². The molecule has 4 heteroatoms. The normalized spacial score (nSPS) is 16.1. The number of hydrogen-bond acceptors (Lipinski definition) is 3.